The molecule has 0 fully saturated rings. The molecule has 1 aliphatic rings. The number of unbranched alkanes of at least 4 members (excludes halogenated alkanes) is 2. The second-order valence-electron chi connectivity index (χ2n) is 5.37. The number of allylic oxidation sites excluding steroid dienone is 2. The van der Waals surface area contributed by atoms with Crippen LogP contribution in [-0.2, 0) is 0 Å². The monoisotopic (exact) mass is 304 g/mol. The molecule has 0 aromatic heterocycles. The molecule has 2 heteroatoms. The zero-order chi connectivity index (χ0) is 11.9. The molecule has 1 aliphatic carbocycles. The van der Waals surface area contributed by atoms with Gasteiger partial charge < -0.3 is 0 Å². The third-order valence-electron chi connectivity index (χ3n) is 3.72. The zero-order valence-corrected chi connectivity index (χ0v) is 13.8. The van der Waals surface area contributed by atoms with E-state index < -0.39 is 12.3 Å². The Morgan fingerprint density at radius 2 is 1.56 bits per heavy atom. The molecule has 0 spiro atoms. The molecule has 0 atom stereocenters. The van der Waals surface area contributed by atoms with Crippen LogP contribution in [0.5, 0.6) is 0 Å². The SMILES string of the molecule is CCC[CH2][Ge]([Cl])([CH2]CCC)[CH2]C1CC=CC1. The van der Waals surface area contributed by atoms with E-state index in [0.717, 1.165) is 5.92 Å². The van der Waals surface area contributed by atoms with Gasteiger partial charge in [-0.1, -0.05) is 0 Å². The summed E-state index contributed by atoms with van der Waals surface area (Å²) in [6, 6.07) is 0. The van der Waals surface area contributed by atoms with E-state index in [-0.39, 0.29) is 0 Å². The van der Waals surface area contributed by atoms with Crippen LogP contribution in [0.3, 0.4) is 0 Å². The minimum absolute atomic E-state index is 0.909. The van der Waals surface area contributed by atoms with Gasteiger partial charge in [-0.15, -0.1) is 0 Å². The number of hydrogen-bond donors (Lipinski definition) is 0. The van der Waals surface area contributed by atoms with E-state index in [2.05, 4.69) is 26.0 Å². The van der Waals surface area contributed by atoms with Gasteiger partial charge in [-0.2, -0.15) is 0 Å². The van der Waals surface area contributed by atoms with E-state index in [9.17, 15) is 0 Å². The molecule has 94 valence electrons. The number of rotatable bonds is 8. The first-order valence-corrected chi connectivity index (χ1v) is 14.2. The molecular weight excluding hydrogens is 276 g/mol. The third-order valence-corrected chi connectivity index (χ3v) is 14.5. The van der Waals surface area contributed by atoms with Crippen molar-refractivity contribution in [1.82, 2.24) is 0 Å². The van der Waals surface area contributed by atoms with Crippen LogP contribution in [0.25, 0.3) is 0 Å². The van der Waals surface area contributed by atoms with Gasteiger partial charge in [0.1, 0.15) is 0 Å². The summed E-state index contributed by atoms with van der Waals surface area (Å²) in [5.41, 5.74) is 0. The van der Waals surface area contributed by atoms with Crippen LogP contribution < -0.4 is 0 Å². The second kappa shape index (κ2) is 7.81. The topological polar surface area (TPSA) is 0 Å². The van der Waals surface area contributed by atoms with E-state index in [1.807, 2.05) is 0 Å². The minimum atomic E-state index is -1.96. The molecule has 16 heavy (non-hydrogen) atoms. The van der Waals surface area contributed by atoms with Gasteiger partial charge >= 0.3 is 109 Å². The van der Waals surface area contributed by atoms with Crippen LogP contribution in [-0.4, -0.2) is 12.3 Å². The molecule has 0 unspecified atom stereocenters. The van der Waals surface area contributed by atoms with Crippen molar-refractivity contribution in [3.05, 3.63) is 12.2 Å². The van der Waals surface area contributed by atoms with Gasteiger partial charge in [0.2, 0.25) is 0 Å². The van der Waals surface area contributed by atoms with Gasteiger partial charge in [0.25, 0.3) is 0 Å². The predicted octanol–water partition coefficient (Wildman–Crippen LogP) is 5.74. The number of hydrogen-bond acceptors (Lipinski definition) is 0. The third kappa shape index (κ3) is 5.27. The molecule has 0 nitrogen and oxygen atoms in total. The van der Waals surface area contributed by atoms with Crippen molar-refractivity contribution >= 4 is 22.3 Å². The maximum absolute atomic E-state index is 7.04. The van der Waals surface area contributed by atoms with Crippen molar-refractivity contribution in [1.29, 1.82) is 0 Å². The summed E-state index contributed by atoms with van der Waals surface area (Å²) in [6.45, 7) is 4.58. The van der Waals surface area contributed by atoms with E-state index >= 15 is 0 Å². The fraction of sp³-hybridized carbons (Fsp3) is 0.857. The Labute approximate surface area is 108 Å². The standard InChI is InChI=1S/C14H27ClGe/c1-3-5-11-16(15,12-6-4-2)13-14-9-7-8-10-14/h7-8,14H,3-6,9-13H2,1-2H3. The first-order valence-electron chi connectivity index (χ1n) is 7.04. The average molecular weight is 303 g/mol. The summed E-state index contributed by atoms with van der Waals surface area (Å²) in [4.78, 5) is 0. The van der Waals surface area contributed by atoms with Crippen LogP contribution in [0.2, 0.25) is 15.8 Å². The van der Waals surface area contributed by atoms with E-state index in [4.69, 9.17) is 10.0 Å². The molecule has 0 saturated carbocycles. The van der Waals surface area contributed by atoms with Crippen molar-refractivity contribution in [3.63, 3.8) is 0 Å². The van der Waals surface area contributed by atoms with E-state index in [0.29, 0.717) is 0 Å². The molecule has 0 amide bonds. The van der Waals surface area contributed by atoms with Gasteiger partial charge in [-0.05, 0) is 0 Å². The molecule has 0 aliphatic heterocycles. The van der Waals surface area contributed by atoms with Gasteiger partial charge in [0.05, 0.1) is 0 Å². The Morgan fingerprint density at radius 3 is 2.00 bits per heavy atom. The first-order chi connectivity index (χ1) is 7.70. The molecule has 0 bridgehead atoms. The fourth-order valence-electron chi connectivity index (χ4n) is 2.67. The molecule has 0 N–H and O–H groups in total. The van der Waals surface area contributed by atoms with Crippen LogP contribution >= 0.6 is 10.0 Å². The van der Waals surface area contributed by atoms with Crippen molar-refractivity contribution < 1.29 is 0 Å². The maximum atomic E-state index is 7.04. The summed E-state index contributed by atoms with van der Waals surface area (Å²) in [5.74, 6) is 0.909. The zero-order valence-electron chi connectivity index (χ0n) is 11.0. The van der Waals surface area contributed by atoms with Crippen LogP contribution in [0.4, 0.5) is 0 Å². The van der Waals surface area contributed by atoms with Crippen molar-refractivity contribution in [2.45, 2.75) is 68.1 Å². The quantitative estimate of drug-likeness (QED) is 0.396. The second-order valence-corrected chi connectivity index (χ2v) is 17.3. The normalized spacial score (nSPS) is 17.2. The van der Waals surface area contributed by atoms with Gasteiger partial charge in [0, 0.05) is 0 Å². The van der Waals surface area contributed by atoms with Crippen molar-refractivity contribution in [2.24, 2.45) is 5.92 Å². The van der Waals surface area contributed by atoms with Gasteiger partial charge in [0.15, 0.2) is 0 Å². The molecule has 0 heterocycles. The Hall–Kier alpha value is 0.573. The molecule has 1 rings (SSSR count). The predicted molar refractivity (Wildman–Crippen MR) is 77.7 cm³/mol. The molecule has 0 radical (unpaired) electrons. The Kier molecular flexibility index (Phi) is 7.15. The molecule has 0 saturated heterocycles. The summed E-state index contributed by atoms with van der Waals surface area (Å²) in [7, 11) is 7.04. The Bertz CT molecular complexity index is 197. The Morgan fingerprint density at radius 1 is 1.06 bits per heavy atom. The van der Waals surface area contributed by atoms with Gasteiger partial charge in [-0.25, -0.2) is 0 Å². The van der Waals surface area contributed by atoms with Crippen LogP contribution in [0.15, 0.2) is 12.2 Å². The first kappa shape index (κ1) is 14.6. The molecule has 0 aromatic rings. The fourth-order valence-corrected chi connectivity index (χ4v) is 13.6. The summed E-state index contributed by atoms with van der Waals surface area (Å²) < 4.78 is 0. The summed E-state index contributed by atoms with van der Waals surface area (Å²) in [6.07, 6.45) is 12.7. The summed E-state index contributed by atoms with van der Waals surface area (Å²) >= 11 is -1.96. The number of halogens is 1. The Balaban J connectivity index is 2.40. The molecular formula is C14H27ClGe. The average Bonchev–Trinajstić information content (AvgIpc) is 2.76. The van der Waals surface area contributed by atoms with E-state index in [1.165, 1.54) is 54.3 Å². The molecule has 0 aromatic carbocycles. The van der Waals surface area contributed by atoms with Crippen molar-refractivity contribution in [3.8, 4) is 0 Å². The van der Waals surface area contributed by atoms with E-state index in [1.54, 1.807) is 0 Å². The van der Waals surface area contributed by atoms with Crippen LogP contribution in [0, 0.1) is 5.92 Å². The van der Waals surface area contributed by atoms with Crippen LogP contribution in [0.1, 0.15) is 52.4 Å². The van der Waals surface area contributed by atoms with Gasteiger partial charge in [-0.3, -0.25) is 0 Å². The summed E-state index contributed by atoms with van der Waals surface area (Å²) in [5, 5.41) is 4.21. The van der Waals surface area contributed by atoms with Crippen molar-refractivity contribution in [2.75, 3.05) is 0 Å².